The molecule has 1 aromatic rings. The lowest BCUT2D eigenvalue weighted by Crippen LogP contribution is -2.44. The van der Waals surface area contributed by atoms with E-state index in [4.69, 9.17) is 23.2 Å². The number of piperidine rings is 1. The van der Waals surface area contributed by atoms with Crippen molar-refractivity contribution in [3.05, 3.63) is 27.7 Å². The Balaban J connectivity index is 2.17. The minimum atomic E-state index is -0.00322. The van der Waals surface area contributed by atoms with Gasteiger partial charge in [0.1, 0.15) is 0 Å². The van der Waals surface area contributed by atoms with Gasteiger partial charge in [-0.15, -0.1) is 11.8 Å². The van der Waals surface area contributed by atoms with Crippen molar-refractivity contribution >= 4 is 40.9 Å². The molecule has 0 atom stereocenters. The van der Waals surface area contributed by atoms with Crippen molar-refractivity contribution in [3.63, 3.8) is 0 Å². The summed E-state index contributed by atoms with van der Waals surface area (Å²) >= 11 is 13.8. The van der Waals surface area contributed by atoms with Crippen LogP contribution in [0.5, 0.6) is 0 Å². The highest BCUT2D eigenvalue weighted by atomic mass is 35.5. The minimum Gasteiger partial charge on any atom is -0.338 e. The van der Waals surface area contributed by atoms with E-state index in [1.165, 1.54) is 11.8 Å². The Kier molecular flexibility index (Phi) is 5.61. The molecule has 1 amide bonds. The first kappa shape index (κ1) is 16.0. The van der Waals surface area contributed by atoms with Crippen LogP contribution < -0.4 is 5.32 Å². The fourth-order valence-electron chi connectivity index (χ4n) is 2.39. The van der Waals surface area contributed by atoms with E-state index in [2.05, 4.69) is 5.32 Å². The first-order valence-electron chi connectivity index (χ1n) is 6.56. The average molecular weight is 333 g/mol. The van der Waals surface area contributed by atoms with Crippen molar-refractivity contribution in [2.75, 3.05) is 26.4 Å². The number of nitrogens with one attached hydrogen (secondary N) is 1. The standard InChI is InChI=1S/C14H18Cl2N2OS/c1-17-9-3-5-18(6-4-9)14(19)10-7-13(20-2)12(16)8-11(10)15/h7-9,17H,3-6H2,1-2H3. The second kappa shape index (κ2) is 7.03. The maximum absolute atomic E-state index is 12.6. The molecule has 0 bridgehead atoms. The molecule has 1 aromatic carbocycles. The van der Waals surface area contributed by atoms with Gasteiger partial charge in [-0.25, -0.2) is 0 Å². The highest BCUT2D eigenvalue weighted by Gasteiger charge is 2.24. The maximum atomic E-state index is 12.6. The van der Waals surface area contributed by atoms with E-state index in [-0.39, 0.29) is 5.91 Å². The van der Waals surface area contributed by atoms with Crippen molar-refractivity contribution in [1.82, 2.24) is 10.2 Å². The zero-order valence-corrected chi connectivity index (χ0v) is 13.9. The van der Waals surface area contributed by atoms with Crippen LogP contribution in [0, 0.1) is 0 Å². The number of hydrogen-bond donors (Lipinski definition) is 1. The highest BCUT2D eigenvalue weighted by Crippen LogP contribution is 2.32. The van der Waals surface area contributed by atoms with Gasteiger partial charge >= 0.3 is 0 Å². The fraction of sp³-hybridized carbons (Fsp3) is 0.500. The molecule has 1 aliphatic heterocycles. The Morgan fingerprint density at radius 3 is 2.50 bits per heavy atom. The van der Waals surface area contributed by atoms with Crippen molar-refractivity contribution in [2.24, 2.45) is 0 Å². The second-order valence-corrected chi connectivity index (χ2v) is 6.48. The molecule has 1 heterocycles. The summed E-state index contributed by atoms with van der Waals surface area (Å²) in [6, 6.07) is 3.95. The summed E-state index contributed by atoms with van der Waals surface area (Å²) < 4.78 is 0. The van der Waals surface area contributed by atoms with Crippen molar-refractivity contribution in [2.45, 2.75) is 23.8 Å². The van der Waals surface area contributed by atoms with Gasteiger partial charge in [0.2, 0.25) is 0 Å². The highest BCUT2D eigenvalue weighted by molar-refractivity contribution is 7.98. The molecule has 20 heavy (non-hydrogen) atoms. The lowest BCUT2D eigenvalue weighted by Gasteiger charge is -2.32. The zero-order valence-electron chi connectivity index (χ0n) is 11.6. The molecular formula is C14H18Cl2N2OS. The van der Waals surface area contributed by atoms with Crippen LogP contribution in [0.15, 0.2) is 17.0 Å². The monoisotopic (exact) mass is 332 g/mol. The number of likely N-dealkylation sites (tertiary alicyclic amines) is 1. The fourth-order valence-corrected chi connectivity index (χ4v) is 3.58. The van der Waals surface area contributed by atoms with Gasteiger partial charge in [-0.05, 0) is 38.3 Å². The van der Waals surface area contributed by atoms with Crippen LogP contribution in [0.25, 0.3) is 0 Å². The molecular weight excluding hydrogens is 315 g/mol. The molecule has 2 rings (SSSR count). The predicted molar refractivity (Wildman–Crippen MR) is 86.2 cm³/mol. The predicted octanol–water partition coefficient (Wildman–Crippen LogP) is 3.54. The molecule has 0 unspecified atom stereocenters. The van der Waals surface area contributed by atoms with Gasteiger partial charge in [-0.2, -0.15) is 0 Å². The summed E-state index contributed by atoms with van der Waals surface area (Å²) in [6.07, 6.45) is 3.88. The van der Waals surface area contributed by atoms with Crippen LogP contribution in [0.4, 0.5) is 0 Å². The zero-order chi connectivity index (χ0) is 14.7. The number of rotatable bonds is 3. The summed E-state index contributed by atoms with van der Waals surface area (Å²) in [5, 5.41) is 4.27. The third-order valence-electron chi connectivity index (χ3n) is 3.66. The summed E-state index contributed by atoms with van der Waals surface area (Å²) in [6.45, 7) is 1.52. The van der Waals surface area contributed by atoms with E-state index in [0.717, 1.165) is 30.8 Å². The molecule has 1 fully saturated rings. The number of thioether (sulfide) groups is 1. The van der Waals surface area contributed by atoms with E-state index in [1.807, 2.05) is 18.2 Å². The van der Waals surface area contributed by atoms with Crippen molar-refractivity contribution in [1.29, 1.82) is 0 Å². The number of amides is 1. The Morgan fingerprint density at radius 2 is 1.95 bits per heavy atom. The molecule has 1 N–H and O–H groups in total. The summed E-state index contributed by atoms with van der Waals surface area (Å²) in [5.41, 5.74) is 0.545. The van der Waals surface area contributed by atoms with Crippen LogP contribution >= 0.6 is 35.0 Å². The first-order chi connectivity index (χ1) is 9.56. The van der Waals surface area contributed by atoms with Gasteiger partial charge in [0.15, 0.2) is 0 Å². The Labute approximate surface area is 134 Å². The number of hydrogen-bond acceptors (Lipinski definition) is 3. The van der Waals surface area contributed by atoms with Gasteiger partial charge < -0.3 is 10.2 Å². The molecule has 1 saturated heterocycles. The summed E-state index contributed by atoms with van der Waals surface area (Å²) in [5.74, 6) is -0.00322. The van der Waals surface area contributed by atoms with Gasteiger partial charge in [0.25, 0.3) is 5.91 Å². The topological polar surface area (TPSA) is 32.3 Å². The largest absolute Gasteiger partial charge is 0.338 e. The molecule has 0 spiro atoms. The van der Waals surface area contributed by atoms with Gasteiger partial charge in [0, 0.05) is 24.0 Å². The van der Waals surface area contributed by atoms with Crippen molar-refractivity contribution in [3.8, 4) is 0 Å². The van der Waals surface area contributed by atoms with Crippen molar-refractivity contribution < 1.29 is 4.79 Å². The number of carbonyl (C=O) groups excluding carboxylic acids is 1. The molecule has 0 aliphatic carbocycles. The SMILES string of the molecule is CNC1CCN(C(=O)c2cc(SC)c(Cl)cc2Cl)CC1. The van der Waals surface area contributed by atoms with Crippen LogP contribution in [-0.4, -0.2) is 43.2 Å². The van der Waals surface area contributed by atoms with E-state index in [9.17, 15) is 4.79 Å². The first-order valence-corrected chi connectivity index (χ1v) is 8.54. The lowest BCUT2D eigenvalue weighted by molar-refractivity contribution is 0.0707. The minimum absolute atomic E-state index is 0.00322. The summed E-state index contributed by atoms with van der Waals surface area (Å²) in [7, 11) is 1.96. The van der Waals surface area contributed by atoms with E-state index in [0.29, 0.717) is 21.7 Å². The van der Waals surface area contributed by atoms with E-state index < -0.39 is 0 Å². The lowest BCUT2D eigenvalue weighted by atomic mass is 10.0. The molecule has 1 aliphatic rings. The van der Waals surface area contributed by atoms with Gasteiger partial charge in [-0.1, -0.05) is 23.2 Å². The Morgan fingerprint density at radius 1 is 1.30 bits per heavy atom. The normalized spacial score (nSPS) is 16.5. The molecule has 6 heteroatoms. The van der Waals surface area contributed by atoms with E-state index >= 15 is 0 Å². The Bertz CT molecular complexity index is 502. The molecule has 3 nitrogen and oxygen atoms in total. The number of halogens is 2. The smallest absolute Gasteiger partial charge is 0.255 e. The van der Waals surface area contributed by atoms with Crippen LogP contribution in [-0.2, 0) is 0 Å². The second-order valence-electron chi connectivity index (χ2n) is 4.82. The third kappa shape index (κ3) is 3.42. The van der Waals surface area contributed by atoms with Crippen LogP contribution in [0.3, 0.4) is 0 Å². The van der Waals surface area contributed by atoms with Crippen LogP contribution in [0.2, 0.25) is 10.0 Å². The molecule has 0 saturated carbocycles. The maximum Gasteiger partial charge on any atom is 0.255 e. The quantitative estimate of drug-likeness (QED) is 0.859. The van der Waals surface area contributed by atoms with Crippen LogP contribution in [0.1, 0.15) is 23.2 Å². The number of nitrogens with zero attached hydrogens (tertiary/aromatic N) is 1. The van der Waals surface area contributed by atoms with Gasteiger partial charge in [-0.3, -0.25) is 4.79 Å². The molecule has 110 valence electrons. The third-order valence-corrected chi connectivity index (χ3v) is 5.18. The average Bonchev–Trinajstić information content (AvgIpc) is 2.47. The Hall–Kier alpha value is -0.420. The molecule has 0 radical (unpaired) electrons. The number of carbonyl (C=O) groups is 1. The molecule has 0 aromatic heterocycles. The van der Waals surface area contributed by atoms with Gasteiger partial charge in [0.05, 0.1) is 15.6 Å². The number of benzene rings is 1. The summed E-state index contributed by atoms with van der Waals surface area (Å²) in [4.78, 5) is 15.3. The van der Waals surface area contributed by atoms with E-state index in [1.54, 1.807) is 12.1 Å².